The number of hydrogen-bond acceptors (Lipinski definition) is 3. The summed E-state index contributed by atoms with van der Waals surface area (Å²) in [6, 6.07) is 8.09. The maximum Gasteiger partial charge on any atom is 0.193 e. The van der Waals surface area contributed by atoms with E-state index < -0.39 is 0 Å². The van der Waals surface area contributed by atoms with Gasteiger partial charge in [-0.05, 0) is 19.1 Å². The molecule has 1 saturated heterocycles. The Balaban J connectivity index is 0.00000200. The molecule has 1 aliphatic rings. The van der Waals surface area contributed by atoms with Gasteiger partial charge >= 0.3 is 0 Å². The Morgan fingerprint density at radius 3 is 2.60 bits per heavy atom. The van der Waals surface area contributed by atoms with Gasteiger partial charge in [-0.25, -0.2) is 0 Å². The molecule has 1 aromatic carbocycles. The number of benzene rings is 1. The molecule has 0 aromatic heterocycles. The number of morpholine rings is 1. The Morgan fingerprint density at radius 2 is 1.95 bits per heavy atom. The first kappa shape index (κ1) is 17.2. The van der Waals surface area contributed by atoms with Crippen LogP contribution >= 0.6 is 24.0 Å². The highest BCUT2D eigenvalue weighted by molar-refractivity contribution is 14.0. The van der Waals surface area contributed by atoms with E-state index in [0.717, 1.165) is 38.5 Å². The SMILES string of the molecule is Cc1ccc(NC(N)=NCCN2CCOCC2)cc1.I. The number of guanidine groups is 1. The molecular formula is C14H23IN4O. The number of aliphatic imine (C=N–C) groups is 1. The van der Waals surface area contributed by atoms with Crippen LogP contribution in [0, 0.1) is 6.92 Å². The number of halogens is 1. The molecule has 0 aliphatic carbocycles. The number of ether oxygens (including phenoxy) is 1. The summed E-state index contributed by atoms with van der Waals surface area (Å²) in [5, 5.41) is 3.09. The molecule has 112 valence electrons. The molecule has 2 rings (SSSR count). The largest absolute Gasteiger partial charge is 0.379 e. The van der Waals surface area contributed by atoms with Gasteiger partial charge in [-0.15, -0.1) is 24.0 Å². The van der Waals surface area contributed by atoms with Crippen molar-refractivity contribution < 1.29 is 4.74 Å². The van der Waals surface area contributed by atoms with E-state index in [2.05, 4.69) is 22.1 Å². The second kappa shape index (κ2) is 9.15. The second-order valence-corrected chi connectivity index (χ2v) is 4.71. The van der Waals surface area contributed by atoms with E-state index in [-0.39, 0.29) is 24.0 Å². The topological polar surface area (TPSA) is 62.9 Å². The number of hydrogen-bond donors (Lipinski definition) is 2. The minimum absolute atomic E-state index is 0. The van der Waals surface area contributed by atoms with E-state index in [1.165, 1.54) is 5.56 Å². The third kappa shape index (κ3) is 6.06. The summed E-state index contributed by atoms with van der Waals surface area (Å²) < 4.78 is 5.30. The van der Waals surface area contributed by atoms with Crippen molar-refractivity contribution >= 4 is 35.6 Å². The molecule has 3 N–H and O–H groups in total. The van der Waals surface area contributed by atoms with Crippen molar-refractivity contribution in [3.8, 4) is 0 Å². The average Bonchev–Trinajstić information content (AvgIpc) is 2.43. The maximum atomic E-state index is 5.86. The van der Waals surface area contributed by atoms with Crippen LogP contribution in [0.5, 0.6) is 0 Å². The number of nitrogens with zero attached hydrogens (tertiary/aromatic N) is 2. The molecule has 1 heterocycles. The molecule has 0 spiro atoms. The Bertz CT molecular complexity index is 416. The van der Waals surface area contributed by atoms with Gasteiger partial charge in [0.25, 0.3) is 0 Å². The van der Waals surface area contributed by atoms with Crippen molar-refractivity contribution in [1.82, 2.24) is 4.90 Å². The van der Waals surface area contributed by atoms with Crippen molar-refractivity contribution in [3.63, 3.8) is 0 Å². The summed E-state index contributed by atoms with van der Waals surface area (Å²) in [5.74, 6) is 0.470. The number of rotatable bonds is 4. The first-order valence-electron chi connectivity index (χ1n) is 6.68. The third-order valence-electron chi connectivity index (χ3n) is 3.13. The zero-order valence-corrected chi connectivity index (χ0v) is 14.2. The lowest BCUT2D eigenvalue weighted by molar-refractivity contribution is 0.0394. The van der Waals surface area contributed by atoms with Gasteiger partial charge in [-0.1, -0.05) is 17.7 Å². The Kier molecular flexibility index (Phi) is 7.86. The summed E-state index contributed by atoms with van der Waals surface area (Å²) in [6.45, 7) is 7.32. The Morgan fingerprint density at radius 1 is 1.30 bits per heavy atom. The van der Waals surface area contributed by atoms with Crippen LogP contribution < -0.4 is 11.1 Å². The zero-order chi connectivity index (χ0) is 13.5. The van der Waals surface area contributed by atoms with Gasteiger partial charge in [0.15, 0.2) is 5.96 Å². The minimum atomic E-state index is 0. The van der Waals surface area contributed by atoms with E-state index in [9.17, 15) is 0 Å². The van der Waals surface area contributed by atoms with E-state index in [1.54, 1.807) is 0 Å². The minimum Gasteiger partial charge on any atom is -0.379 e. The first-order chi connectivity index (χ1) is 9.24. The summed E-state index contributed by atoms with van der Waals surface area (Å²) in [4.78, 5) is 6.68. The van der Waals surface area contributed by atoms with Crippen LogP contribution in [0.1, 0.15) is 5.56 Å². The van der Waals surface area contributed by atoms with E-state index in [4.69, 9.17) is 10.5 Å². The fourth-order valence-electron chi connectivity index (χ4n) is 1.96. The van der Waals surface area contributed by atoms with Crippen molar-refractivity contribution in [1.29, 1.82) is 0 Å². The van der Waals surface area contributed by atoms with E-state index in [0.29, 0.717) is 12.5 Å². The lowest BCUT2D eigenvalue weighted by atomic mass is 10.2. The Labute approximate surface area is 137 Å². The highest BCUT2D eigenvalue weighted by Gasteiger charge is 2.08. The van der Waals surface area contributed by atoms with Crippen molar-refractivity contribution in [2.24, 2.45) is 10.7 Å². The molecule has 1 aliphatic heterocycles. The normalized spacial score (nSPS) is 16.6. The van der Waals surface area contributed by atoms with Gasteiger partial charge in [0.1, 0.15) is 0 Å². The fraction of sp³-hybridized carbons (Fsp3) is 0.500. The van der Waals surface area contributed by atoms with E-state index in [1.807, 2.05) is 24.3 Å². The monoisotopic (exact) mass is 390 g/mol. The first-order valence-corrected chi connectivity index (χ1v) is 6.68. The fourth-order valence-corrected chi connectivity index (χ4v) is 1.96. The lowest BCUT2D eigenvalue weighted by Crippen LogP contribution is -2.38. The average molecular weight is 390 g/mol. The van der Waals surface area contributed by atoms with Crippen molar-refractivity contribution in [2.75, 3.05) is 44.7 Å². The zero-order valence-electron chi connectivity index (χ0n) is 11.8. The number of nitrogens with two attached hydrogens (primary N) is 1. The van der Waals surface area contributed by atoms with Gasteiger partial charge < -0.3 is 15.8 Å². The summed E-state index contributed by atoms with van der Waals surface area (Å²) in [6.07, 6.45) is 0. The van der Waals surface area contributed by atoms with Gasteiger partial charge in [0.05, 0.1) is 19.8 Å². The summed E-state index contributed by atoms with van der Waals surface area (Å²) in [7, 11) is 0. The standard InChI is InChI=1S/C14H22N4O.HI/c1-12-2-4-13(5-3-12)17-14(15)16-6-7-18-8-10-19-11-9-18;/h2-5H,6-11H2,1H3,(H3,15,16,17);1H. The number of nitrogens with one attached hydrogen (secondary N) is 1. The maximum absolute atomic E-state index is 5.86. The van der Waals surface area contributed by atoms with Crippen molar-refractivity contribution in [3.05, 3.63) is 29.8 Å². The molecule has 0 radical (unpaired) electrons. The van der Waals surface area contributed by atoms with E-state index >= 15 is 0 Å². The van der Waals surface area contributed by atoms with Gasteiger partial charge in [-0.3, -0.25) is 9.89 Å². The van der Waals surface area contributed by atoms with Gasteiger partial charge in [-0.2, -0.15) is 0 Å². The molecular weight excluding hydrogens is 367 g/mol. The molecule has 5 nitrogen and oxygen atoms in total. The van der Waals surface area contributed by atoms with Crippen LogP contribution in [0.3, 0.4) is 0 Å². The lowest BCUT2D eigenvalue weighted by Gasteiger charge is -2.25. The molecule has 1 aromatic rings. The number of aryl methyl sites for hydroxylation is 1. The van der Waals surface area contributed by atoms with Crippen LogP contribution in [-0.4, -0.2) is 50.3 Å². The van der Waals surface area contributed by atoms with Crippen LogP contribution in [0.15, 0.2) is 29.3 Å². The van der Waals surface area contributed by atoms with Crippen LogP contribution in [0.25, 0.3) is 0 Å². The molecule has 0 unspecified atom stereocenters. The smallest absolute Gasteiger partial charge is 0.193 e. The quantitative estimate of drug-likeness (QED) is 0.467. The predicted octanol–water partition coefficient (Wildman–Crippen LogP) is 1.67. The number of anilines is 1. The predicted molar refractivity (Wildman–Crippen MR) is 94.0 cm³/mol. The Hall–Kier alpha value is -0.860. The summed E-state index contributed by atoms with van der Waals surface area (Å²) in [5.41, 5.74) is 8.06. The molecule has 0 saturated carbocycles. The molecule has 6 heteroatoms. The highest BCUT2D eigenvalue weighted by atomic mass is 127. The third-order valence-corrected chi connectivity index (χ3v) is 3.13. The molecule has 0 amide bonds. The van der Waals surface area contributed by atoms with Crippen LogP contribution in [0.2, 0.25) is 0 Å². The molecule has 20 heavy (non-hydrogen) atoms. The van der Waals surface area contributed by atoms with Gasteiger partial charge in [0.2, 0.25) is 0 Å². The van der Waals surface area contributed by atoms with Crippen LogP contribution in [0.4, 0.5) is 5.69 Å². The van der Waals surface area contributed by atoms with Crippen molar-refractivity contribution in [2.45, 2.75) is 6.92 Å². The summed E-state index contributed by atoms with van der Waals surface area (Å²) >= 11 is 0. The molecule has 0 bridgehead atoms. The van der Waals surface area contributed by atoms with Gasteiger partial charge in [0, 0.05) is 25.3 Å². The molecule has 0 atom stereocenters. The van der Waals surface area contributed by atoms with Crippen LogP contribution in [-0.2, 0) is 4.74 Å². The molecule has 1 fully saturated rings. The highest BCUT2D eigenvalue weighted by Crippen LogP contribution is 2.07. The second-order valence-electron chi connectivity index (χ2n) is 4.71.